The Bertz CT molecular complexity index is 160. The first-order chi connectivity index (χ1) is 4.34. The first-order valence-corrected chi connectivity index (χ1v) is 2.71. The van der Waals surface area contributed by atoms with E-state index in [4.69, 9.17) is 0 Å². The van der Waals surface area contributed by atoms with Crippen LogP contribution < -0.4 is 0 Å². The van der Waals surface area contributed by atoms with Crippen molar-refractivity contribution in [3.8, 4) is 0 Å². The molecule has 0 aromatic heterocycles. The molecule has 9 heavy (non-hydrogen) atoms. The van der Waals surface area contributed by atoms with E-state index in [1.54, 1.807) is 18.4 Å². The summed E-state index contributed by atoms with van der Waals surface area (Å²) in [7, 11) is 0. The van der Waals surface area contributed by atoms with Gasteiger partial charge >= 0.3 is 0 Å². The van der Waals surface area contributed by atoms with Crippen molar-refractivity contribution < 1.29 is 9.18 Å². The van der Waals surface area contributed by atoms with E-state index in [-0.39, 0.29) is 0 Å². The maximum atomic E-state index is 12.4. The van der Waals surface area contributed by atoms with Crippen LogP contribution in [-0.4, -0.2) is 12.5 Å². The third kappa shape index (κ3) is 1.25. The first-order valence-electron chi connectivity index (χ1n) is 2.71. The number of alkyl halides is 1. The molecule has 0 aromatic rings. The standard InChI is InChI=1S/C7H6FO/c8-7-4-2-1-3-6(7)5-9/h1-4,6-7H. The van der Waals surface area contributed by atoms with Crippen LogP contribution in [0.25, 0.3) is 0 Å². The molecule has 0 heterocycles. The summed E-state index contributed by atoms with van der Waals surface area (Å²) >= 11 is 0. The van der Waals surface area contributed by atoms with Crippen LogP contribution >= 0.6 is 0 Å². The topological polar surface area (TPSA) is 17.1 Å². The van der Waals surface area contributed by atoms with Gasteiger partial charge < -0.3 is 0 Å². The molecule has 0 aliphatic heterocycles. The summed E-state index contributed by atoms with van der Waals surface area (Å²) in [6.45, 7) is 0. The Balaban J connectivity index is 2.65. The molecule has 1 nitrogen and oxygen atoms in total. The molecule has 1 aliphatic rings. The molecule has 0 fully saturated rings. The molecule has 1 rings (SSSR count). The third-order valence-corrected chi connectivity index (χ3v) is 1.20. The highest BCUT2D eigenvalue weighted by Gasteiger charge is 2.16. The second-order valence-electron chi connectivity index (χ2n) is 1.86. The van der Waals surface area contributed by atoms with Crippen molar-refractivity contribution in [1.82, 2.24) is 0 Å². The van der Waals surface area contributed by atoms with Crippen molar-refractivity contribution >= 4 is 6.29 Å². The number of hydrogen-bond acceptors (Lipinski definition) is 1. The van der Waals surface area contributed by atoms with Gasteiger partial charge in [-0.3, -0.25) is 4.79 Å². The van der Waals surface area contributed by atoms with Gasteiger partial charge in [0.2, 0.25) is 6.29 Å². The number of carbonyl (C=O) groups excluding carboxylic acids is 1. The lowest BCUT2D eigenvalue weighted by atomic mass is 10.0. The predicted octanol–water partition coefficient (Wildman–Crippen LogP) is 1.18. The van der Waals surface area contributed by atoms with Gasteiger partial charge in [-0.25, -0.2) is 4.39 Å². The molecule has 0 saturated carbocycles. The molecule has 47 valence electrons. The van der Waals surface area contributed by atoms with Crippen LogP contribution in [0.1, 0.15) is 0 Å². The van der Waals surface area contributed by atoms with E-state index in [9.17, 15) is 9.18 Å². The van der Waals surface area contributed by atoms with Crippen molar-refractivity contribution in [2.75, 3.05) is 0 Å². The molecule has 1 aliphatic carbocycles. The van der Waals surface area contributed by atoms with Gasteiger partial charge in [-0.05, 0) is 6.08 Å². The van der Waals surface area contributed by atoms with E-state index >= 15 is 0 Å². The van der Waals surface area contributed by atoms with E-state index in [2.05, 4.69) is 0 Å². The van der Waals surface area contributed by atoms with Crippen LogP contribution in [0.4, 0.5) is 4.39 Å². The van der Waals surface area contributed by atoms with E-state index in [1.807, 2.05) is 0 Å². The Labute approximate surface area is 52.9 Å². The summed E-state index contributed by atoms with van der Waals surface area (Å²) in [5, 5.41) is 0. The summed E-state index contributed by atoms with van der Waals surface area (Å²) in [5.74, 6) is -0.685. The molecule has 0 N–H and O–H groups in total. The Hall–Kier alpha value is -0.920. The molecule has 0 spiro atoms. The van der Waals surface area contributed by atoms with Crippen LogP contribution in [-0.2, 0) is 4.79 Å². The first kappa shape index (κ1) is 6.20. The van der Waals surface area contributed by atoms with Gasteiger partial charge in [0.1, 0.15) is 6.17 Å². The van der Waals surface area contributed by atoms with Crippen LogP contribution in [0, 0.1) is 5.92 Å². The Kier molecular flexibility index (Phi) is 1.78. The van der Waals surface area contributed by atoms with E-state index in [0.29, 0.717) is 0 Å². The normalized spacial score (nSPS) is 32.6. The Morgan fingerprint density at radius 3 is 2.44 bits per heavy atom. The van der Waals surface area contributed by atoms with Gasteiger partial charge in [-0.2, -0.15) is 0 Å². The number of rotatable bonds is 1. The second-order valence-corrected chi connectivity index (χ2v) is 1.86. The molecular formula is C7H6FO. The summed E-state index contributed by atoms with van der Waals surface area (Å²) in [5.41, 5.74) is 0. The molecule has 0 bridgehead atoms. The molecule has 0 aromatic carbocycles. The molecule has 2 heteroatoms. The minimum atomic E-state index is -1.17. The molecular weight excluding hydrogens is 119 g/mol. The number of halogens is 1. The van der Waals surface area contributed by atoms with E-state index in [1.165, 1.54) is 12.2 Å². The Morgan fingerprint density at radius 2 is 2.00 bits per heavy atom. The largest absolute Gasteiger partial charge is 0.290 e. The lowest BCUT2D eigenvalue weighted by molar-refractivity contribution is 0.356. The highest BCUT2D eigenvalue weighted by atomic mass is 19.1. The van der Waals surface area contributed by atoms with Crippen molar-refractivity contribution in [1.29, 1.82) is 0 Å². The predicted molar refractivity (Wildman–Crippen MR) is 32.4 cm³/mol. The molecule has 2 atom stereocenters. The zero-order chi connectivity index (χ0) is 6.69. The molecule has 0 saturated heterocycles. The maximum Gasteiger partial charge on any atom is 0.209 e. The van der Waals surface area contributed by atoms with Gasteiger partial charge in [0.15, 0.2) is 0 Å². The highest BCUT2D eigenvalue weighted by molar-refractivity contribution is 5.60. The zero-order valence-corrected chi connectivity index (χ0v) is 4.75. The molecule has 2 unspecified atom stereocenters. The lowest BCUT2D eigenvalue weighted by Gasteiger charge is -2.07. The molecule has 0 amide bonds. The Morgan fingerprint density at radius 1 is 1.33 bits per heavy atom. The van der Waals surface area contributed by atoms with Crippen molar-refractivity contribution in [2.45, 2.75) is 6.17 Å². The SMILES string of the molecule is O=[C]C1C=CC=CC1F. The quantitative estimate of drug-likeness (QED) is 0.514. The van der Waals surface area contributed by atoms with Gasteiger partial charge in [0, 0.05) is 0 Å². The number of allylic oxidation sites excluding steroid dienone is 4. The highest BCUT2D eigenvalue weighted by Crippen LogP contribution is 2.12. The van der Waals surface area contributed by atoms with Crippen LogP contribution in [0.5, 0.6) is 0 Å². The van der Waals surface area contributed by atoms with Crippen molar-refractivity contribution in [3.63, 3.8) is 0 Å². The van der Waals surface area contributed by atoms with Crippen molar-refractivity contribution in [2.24, 2.45) is 5.92 Å². The number of hydrogen-bond donors (Lipinski definition) is 0. The zero-order valence-electron chi connectivity index (χ0n) is 4.75. The van der Waals surface area contributed by atoms with Crippen LogP contribution in [0.15, 0.2) is 24.3 Å². The minimum Gasteiger partial charge on any atom is -0.290 e. The van der Waals surface area contributed by atoms with Gasteiger partial charge in [0.25, 0.3) is 0 Å². The fourth-order valence-corrected chi connectivity index (χ4v) is 0.684. The minimum absolute atomic E-state index is 0.685. The monoisotopic (exact) mass is 125 g/mol. The summed E-state index contributed by atoms with van der Waals surface area (Å²) in [6.07, 6.45) is 6.48. The third-order valence-electron chi connectivity index (χ3n) is 1.20. The van der Waals surface area contributed by atoms with Gasteiger partial charge in [0.05, 0.1) is 5.92 Å². The van der Waals surface area contributed by atoms with E-state index in [0.717, 1.165) is 0 Å². The average Bonchev–Trinajstić information content (AvgIpc) is 1.89. The summed E-state index contributed by atoms with van der Waals surface area (Å²) < 4.78 is 12.4. The van der Waals surface area contributed by atoms with Crippen LogP contribution in [0.3, 0.4) is 0 Å². The maximum absolute atomic E-state index is 12.4. The fourth-order valence-electron chi connectivity index (χ4n) is 0.684. The van der Waals surface area contributed by atoms with Crippen molar-refractivity contribution in [3.05, 3.63) is 24.3 Å². The van der Waals surface area contributed by atoms with Gasteiger partial charge in [-0.1, -0.05) is 18.2 Å². The summed E-state index contributed by atoms with van der Waals surface area (Å²) in [6, 6.07) is 0. The smallest absolute Gasteiger partial charge is 0.209 e. The molecule has 1 radical (unpaired) electrons. The fraction of sp³-hybridized carbons (Fsp3) is 0.286. The van der Waals surface area contributed by atoms with Crippen LogP contribution in [0.2, 0.25) is 0 Å². The lowest BCUT2D eigenvalue weighted by Crippen LogP contribution is -2.13. The second kappa shape index (κ2) is 2.58. The van der Waals surface area contributed by atoms with Gasteiger partial charge in [-0.15, -0.1) is 0 Å². The van der Waals surface area contributed by atoms with E-state index < -0.39 is 12.1 Å². The average molecular weight is 125 g/mol. The summed E-state index contributed by atoms with van der Waals surface area (Å²) in [4.78, 5) is 9.92.